The number of aliphatic hydroxyl groups is 1. The van der Waals surface area contributed by atoms with E-state index < -0.39 is 12.1 Å². The van der Waals surface area contributed by atoms with Crippen molar-refractivity contribution < 1.29 is 14.3 Å². The molecule has 6 nitrogen and oxygen atoms in total. The first-order chi connectivity index (χ1) is 15.9. The molecule has 1 N–H and O–H groups in total. The van der Waals surface area contributed by atoms with Gasteiger partial charge in [-0.1, -0.05) is 12.1 Å². The normalized spacial score (nSPS) is 19.2. The summed E-state index contributed by atoms with van der Waals surface area (Å²) in [6.45, 7) is 2.52. The second-order valence-corrected chi connectivity index (χ2v) is 9.34. The lowest BCUT2D eigenvalue weighted by molar-refractivity contribution is -0.129. The molecule has 2 aliphatic rings. The molecule has 0 bridgehead atoms. The predicted octanol–water partition coefficient (Wildman–Crippen LogP) is 3.69. The van der Waals surface area contributed by atoms with E-state index in [4.69, 9.17) is 5.10 Å². The summed E-state index contributed by atoms with van der Waals surface area (Å²) < 4.78 is 16.3. The zero-order valence-corrected chi connectivity index (χ0v) is 19.2. The lowest BCUT2D eigenvalue weighted by Gasteiger charge is -2.28. The van der Waals surface area contributed by atoms with Gasteiger partial charge in [-0.05, 0) is 41.6 Å². The number of thioether (sulfide) groups is 1. The van der Waals surface area contributed by atoms with Gasteiger partial charge in [-0.3, -0.25) is 9.48 Å². The molecule has 0 fully saturated rings. The predicted molar refractivity (Wildman–Crippen MR) is 123 cm³/mol. The van der Waals surface area contributed by atoms with Crippen LogP contribution >= 0.6 is 11.8 Å². The van der Waals surface area contributed by atoms with E-state index in [1.807, 2.05) is 23.1 Å². The molecule has 0 radical (unpaired) electrons. The Balaban J connectivity index is 1.70. The molecular weight excluding hydrogens is 439 g/mol. The van der Waals surface area contributed by atoms with E-state index in [1.165, 1.54) is 23.9 Å². The maximum absolute atomic E-state index is 14.5. The summed E-state index contributed by atoms with van der Waals surface area (Å²) in [6, 6.07) is 11.9. The number of carbonyl (C=O) groups is 1. The van der Waals surface area contributed by atoms with Crippen molar-refractivity contribution in [3.63, 3.8) is 0 Å². The van der Waals surface area contributed by atoms with Crippen LogP contribution in [0.3, 0.4) is 0 Å². The third-order valence-corrected chi connectivity index (χ3v) is 7.39. The Hall–Kier alpha value is -3.15. The van der Waals surface area contributed by atoms with E-state index in [0.29, 0.717) is 37.2 Å². The Morgan fingerprint density at radius 1 is 1.30 bits per heavy atom. The molecule has 1 aliphatic carbocycles. The van der Waals surface area contributed by atoms with Crippen LogP contribution in [0.1, 0.15) is 40.9 Å². The van der Waals surface area contributed by atoms with E-state index in [-0.39, 0.29) is 11.7 Å². The van der Waals surface area contributed by atoms with Crippen molar-refractivity contribution >= 4 is 17.7 Å². The summed E-state index contributed by atoms with van der Waals surface area (Å²) in [6.07, 6.45) is 2.19. The minimum atomic E-state index is -0.735. The van der Waals surface area contributed by atoms with Gasteiger partial charge in [0.15, 0.2) is 0 Å². The second kappa shape index (κ2) is 8.32. The first kappa shape index (κ1) is 21.7. The Morgan fingerprint density at radius 3 is 2.85 bits per heavy atom. The fourth-order valence-corrected chi connectivity index (χ4v) is 5.71. The van der Waals surface area contributed by atoms with Crippen LogP contribution in [0, 0.1) is 17.1 Å². The second-order valence-electron chi connectivity index (χ2n) is 8.49. The van der Waals surface area contributed by atoms with Crippen LogP contribution in [0.15, 0.2) is 41.3 Å². The Morgan fingerprint density at radius 2 is 2.12 bits per heavy atom. The van der Waals surface area contributed by atoms with Gasteiger partial charge in [0, 0.05) is 54.6 Å². The molecule has 1 aliphatic heterocycles. The zero-order chi connectivity index (χ0) is 23.3. The number of hydrogen-bond donors (Lipinski definition) is 1. The number of aliphatic hydroxyl groups excluding tert-OH is 1. The Labute approximate surface area is 195 Å². The van der Waals surface area contributed by atoms with E-state index in [9.17, 15) is 19.6 Å². The van der Waals surface area contributed by atoms with E-state index in [2.05, 4.69) is 6.07 Å². The maximum atomic E-state index is 14.5. The first-order valence-electron chi connectivity index (χ1n) is 10.8. The highest BCUT2D eigenvalue weighted by Crippen LogP contribution is 2.42. The minimum Gasteiger partial charge on any atom is -0.390 e. The number of fused-ring (bicyclic) bond motifs is 2. The van der Waals surface area contributed by atoms with Crippen molar-refractivity contribution in [1.82, 2.24) is 14.7 Å². The molecule has 168 valence electrons. The standard InChI is InChI=1S/C25H23FN4O2S/c1-14(31)29-7-6-21-20(13-29)24(16-5-3-4-15(8-16)12-27)28-30(21)25-19-9-17(26)10-23(33-2)18(19)11-22(25)32/h3-5,8-10,22,25,32H,6-7,11,13H2,1-2H3. The van der Waals surface area contributed by atoms with Crippen LogP contribution in [0.4, 0.5) is 4.39 Å². The fraction of sp³-hybridized carbons (Fsp3) is 0.320. The van der Waals surface area contributed by atoms with Gasteiger partial charge in [0.25, 0.3) is 0 Å². The number of carbonyl (C=O) groups excluding carboxylic acids is 1. The minimum absolute atomic E-state index is 0.0111. The SMILES string of the molecule is CSc1cc(F)cc2c1CC(O)C2n1nc(-c2cccc(C#N)c2)c2c1CCN(C(C)=O)C2. The molecule has 2 unspecified atom stereocenters. The van der Waals surface area contributed by atoms with Gasteiger partial charge in [0.1, 0.15) is 11.9 Å². The molecule has 8 heteroatoms. The third kappa shape index (κ3) is 3.62. The zero-order valence-electron chi connectivity index (χ0n) is 18.4. The van der Waals surface area contributed by atoms with E-state index >= 15 is 0 Å². The summed E-state index contributed by atoms with van der Waals surface area (Å²) in [5, 5.41) is 25.4. The Kier molecular flexibility index (Phi) is 5.47. The van der Waals surface area contributed by atoms with Gasteiger partial charge in [-0.15, -0.1) is 11.8 Å². The number of nitrogens with zero attached hydrogens (tertiary/aromatic N) is 4. The molecule has 33 heavy (non-hydrogen) atoms. The molecule has 1 amide bonds. The number of benzene rings is 2. The summed E-state index contributed by atoms with van der Waals surface area (Å²) in [4.78, 5) is 14.7. The van der Waals surface area contributed by atoms with E-state index in [0.717, 1.165) is 32.8 Å². The van der Waals surface area contributed by atoms with Crippen molar-refractivity contribution in [3.05, 3.63) is 70.2 Å². The van der Waals surface area contributed by atoms with Crippen molar-refractivity contribution in [2.24, 2.45) is 0 Å². The van der Waals surface area contributed by atoms with Gasteiger partial charge in [0.05, 0.1) is 23.4 Å². The lowest BCUT2D eigenvalue weighted by Crippen LogP contribution is -2.35. The van der Waals surface area contributed by atoms with Crippen LogP contribution < -0.4 is 0 Å². The highest BCUT2D eigenvalue weighted by atomic mass is 32.2. The molecule has 2 atom stereocenters. The molecule has 2 aromatic carbocycles. The molecule has 0 spiro atoms. The number of amides is 1. The van der Waals surface area contributed by atoms with Crippen LogP contribution in [0.2, 0.25) is 0 Å². The van der Waals surface area contributed by atoms with Crippen LogP contribution in [-0.4, -0.2) is 44.6 Å². The molecule has 0 saturated heterocycles. The van der Waals surface area contributed by atoms with Crippen LogP contribution in [0.25, 0.3) is 11.3 Å². The lowest BCUT2D eigenvalue weighted by atomic mass is 9.99. The van der Waals surface area contributed by atoms with E-state index in [1.54, 1.807) is 24.0 Å². The summed E-state index contributed by atoms with van der Waals surface area (Å²) in [5.41, 5.74) is 5.56. The summed E-state index contributed by atoms with van der Waals surface area (Å²) in [5.74, 6) is -0.342. The fourth-order valence-electron chi connectivity index (χ4n) is 5.03. The van der Waals surface area contributed by atoms with Crippen molar-refractivity contribution in [2.45, 2.75) is 43.4 Å². The smallest absolute Gasteiger partial charge is 0.219 e. The van der Waals surface area contributed by atoms with Gasteiger partial charge < -0.3 is 10.0 Å². The molecule has 5 rings (SSSR count). The number of nitriles is 1. The molecule has 0 saturated carbocycles. The number of halogens is 1. The average molecular weight is 463 g/mol. The summed E-state index contributed by atoms with van der Waals surface area (Å²) >= 11 is 1.47. The molecule has 2 heterocycles. The van der Waals surface area contributed by atoms with Crippen molar-refractivity contribution in [1.29, 1.82) is 5.26 Å². The average Bonchev–Trinajstić information content (AvgIpc) is 3.34. The third-order valence-electron chi connectivity index (χ3n) is 6.58. The number of rotatable bonds is 3. The van der Waals surface area contributed by atoms with Crippen molar-refractivity contribution in [2.75, 3.05) is 12.8 Å². The largest absolute Gasteiger partial charge is 0.390 e. The van der Waals surface area contributed by atoms with Gasteiger partial charge >= 0.3 is 0 Å². The number of hydrogen-bond acceptors (Lipinski definition) is 5. The summed E-state index contributed by atoms with van der Waals surface area (Å²) in [7, 11) is 0. The highest BCUT2D eigenvalue weighted by Gasteiger charge is 2.39. The van der Waals surface area contributed by atoms with Crippen LogP contribution in [-0.2, 0) is 24.2 Å². The quantitative estimate of drug-likeness (QED) is 0.601. The highest BCUT2D eigenvalue weighted by molar-refractivity contribution is 7.98. The monoisotopic (exact) mass is 462 g/mol. The van der Waals surface area contributed by atoms with Crippen LogP contribution in [0.5, 0.6) is 0 Å². The van der Waals surface area contributed by atoms with Gasteiger partial charge in [0.2, 0.25) is 5.91 Å². The maximum Gasteiger partial charge on any atom is 0.219 e. The van der Waals surface area contributed by atoms with Crippen molar-refractivity contribution in [3.8, 4) is 17.3 Å². The van der Waals surface area contributed by atoms with Gasteiger partial charge in [-0.2, -0.15) is 10.4 Å². The Bertz CT molecular complexity index is 1310. The molecule has 1 aromatic heterocycles. The molecular formula is C25H23FN4O2S. The van der Waals surface area contributed by atoms with Gasteiger partial charge in [-0.25, -0.2) is 4.39 Å². The first-order valence-corrected chi connectivity index (χ1v) is 12.0. The molecule has 3 aromatic rings. The topological polar surface area (TPSA) is 82.2 Å². The number of aromatic nitrogens is 2.